The quantitative estimate of drug-likeness (QED) is 0.234. The topological polar surface area (TPSA) is 187 Å². The highest BCUT2D eigenvalue weighted by Crippen LogP contribution is 2.21. The number of para-hydroxylation sites is 1. The number of carbonyl (C=O) groups is 5. The van der Waals surface area contributed by atoms with E-state index in [2.05, 4.69) is 20.9 Å². The predicted molar refractivity (Wildman–Crippen MR) is 140 cm³/mol. The molecule has 0 saturated carbocycles. The van der Waals surface area contributed by atoms with Crippen LogP contribution < -0.4 is 21.7 Å². The van der Waals surface area contributed by atoms with E-state index in [1.54, 1.807) is 20.0 Å². The summed E-state index contributed by atoms with van der Waals surface area (Å²) < 4.78 is 0. The van der Waals surface area contributed by atoms with E-state index in [0.717, 1.165) is 16.5 Å². The number of H-pyrrole nitrogens is 1. The molecule has 12 heteroatoms. The highest BCUT2D eigenvalue weighted by Gasteiger charge is 2.36. The Hall–Kier alpha value is -3.93. The van der Waals surface area contributed by atoms with Gasteiger partial charge in [0.15, 0.2) is 0 Å². The van der Waals surface area contributed by atoms with Gasteiger partial charge in [-0.3, -0.25) is 19.2 Å². The Morgan fingerprint density at radius 1 is 1.11 bits per heavy atom. The van der Waals surface area contributed by atoms with Crippen molar-refractivity contribution in [1.29, 1.82) is 0 Å². The SMILES string of the molecule is CC(C)[C@H](N)C(=O)N[C@@H](C)C(=O)NCC(=O)N1CCC[C@H]1C(=O)N[C@@H](Cc1c[nH]c2ccccc12)C(=O)O. The summed E-state index contributed by atoms with van der Waals surface area (Å²) in [5.74, 6) is -3.35. The first kappa shape index (κ1) is 28.6. The summed E-state index contributed by atoms with van der Waals surface area (Å²) in [6.07, 6.45) is 2.74. The van der Waals surface area contributed by atoms with Gasteiger partial charge in [-0.25, -0.2) is 4.79 Å². The normalized spacial score (nSPS) is 17.6. The maximum Gasteiger partial charge on any atom is 0.326 e. The molecule has 2 heterocycles. The lowest BCUT2D eigenvalue weighted by atomic mass is 10.0. The number of fused-ring (bicyclic) bond motifs is 1. The third-order valence-corrected chi connectivity index (χ3v) is 6.78. The van der Waals surface area contributed by atoms with Gasteiger partial charge in [-0.1, -0.05) is 32.0 Å². The molecule has 4 atom stereocenters. The molecule has 2 aromatic rings. The van der Waals surface area contributed by atoms with Gasteiger partial charge < -0.3 is 36.7 Å². The smallest absolute Gasteiger partial charge is 0.326 e. The first-order valence-electron chi connectivity index (χ1n) is 12.7. The molecule has 12 nitrogen and oxygen atoms in total. The van der Waals surface area contributed by atoms with Crippen molar-refractivity contribution < 1.29 is 29.1 Å². The van der Waals surface area contributed by atoms with Crippen molar-refractivity contribution in [3.63, 3.8) is 0 Å². The summed E-state index contributed by atoms with van der Waals surface area (Å²) in [4.78, 5) is 66.7. The summed E-state index contributed by atoms with van der Waals surface area (Å²) >= 11 is 0. The average molecular weight is 529 g/mol. The van der Waals surface area contributed by atoms with Gasteiger partial charge in [0.25, 0.3) is 0 Å². The molecule has 0 aliphatic carbocycles. The van der Waals surface area contributed by atoms with Gasteiger partial charge in [0.2, 0.25) is 23.6 Å². The van der Waals surface area contributed by atoms with E-state index in [4.69, 9.17) is 5.73 Å². The number of amides is 4. The number of benzene rings is 1. The summed E-state index contributed by atoms with van der Waals surface area (Å²) in [5, 5.41) is 18.2. The lowest BCUT2D eigenvalue weighted by Gasteiger charge is -2.26. The Balaban J connectivity index is 1.56. The minimum Gasteiger partial charge on any atom is -0.480 e. The fourth-order valence-electron chi connectivity index (χ4n) is 4.42. The number of nitrogens with two attached hydrogens (primary N) is 1. The fraction of sp³-hybridized carbons (Fsp3) is 0.500. The Labute approximate surface area is 220 Å². The largest absolute Gasteiger partial charge is 0.480 e. The van der Waals surface area contributed by atoms with E-state index in [-0.39, 0.29) is 18.9 Å². The number of carboxylic acid groups (broad SMARTS) is 1. The predicted octanol–water partition coefficient (Wildman–Crippen LogP) is -0.125. The molecule has 1 aliphatic rings. The van der Waals surface area contributed by atoms with Gasteiger partial charge in [0.1, 0.15) is 18.1 Å². The number of hydrogen-bond acceptors (Lipinski definition) is 6. The molecule has 0 radical (unpaired) electrons. The first-order valence-corrected chi connectivity index (χ1v) is 12.7. The van der Waals surface area contributed by atoms with Crippen LogP contribution in [0.3, 0.4) is 0 Å². The molecule has 1 fully saturated rings. The molecule has 0 unspecified atom stereocenters. The summed E-state index contributed by atoms with van der Waals surface area (Å²) in [5.41, 5.74) is 7.41. The van der Waals surface area contributed by atoms with E-state index in [0.29, 0.717) is 19.4 Å². The van der Waals surface area contributed by atoms with Crippen LogP contribution >= 0.6 is 0 Å². The Morgan fingerprint density at radius 2 is 1.82 bits per heavy atom. The highest BCUT2D eigenvalue weighted by molar-refractivity contribution is 5.94. The van der Waals surface area contributed by atoms with Crippen LogP contribution in [-0.4, -0.2) is 81.8 Å². The Kier molecular flexibility index (Phi) is 9.45. The van der Waals surface area contributed by atoms with Crippen LogP contribution in [0.5, 0.6) is 0 Å². The summed E-state index contributed by atoms with van der Waals surface area (Å²) in [7, 11) is 0. The molecule has 0 spiro atoms. The van der Waals surface area contributed by atoms with E-state index < -0.39 is 53.8 Å². The first-order chi connectivity index (χ1) is 18.0. The zero-order valence-electron chi connectivity index (χ0n) is 21.8. The minimum atomic E-state index is -1.18. The number of aliphatic carboxylic acids is 1. The van der Waals surface area contributed by atoms with E-state index in [1.165, 1.54) is 11.8 Å². The fourth-order valence-corrected chi connectivity index (χ4v) is 4.42. The van der Waals surface area contributed by atoms with Gasteiger partial charge in [-0.05, 0) is 37.3 Å². The molecular weight excluding hydrogens is 492 g/mol. The van der Waals surface area contributed by atoms with Crippen molar-refractivity contribution >= 4 is 40.5 Å². The number of nitrogens with zero attached hydrogens (tertiary/aromatic N) is 1. The molecule has 7 N–H and O–H groups in total. The number of rotatable bonds is 11. The third kappa shape index (κ3) is 6.88. The number of carboxylic acids is 1. The van der Waals surface area contributed by atoms with Crippen LogP contribution in [0.2, 0.25) is 0 Å². The number of aromatic nitrogens is 1. The van der Waals surface area contributed by atoms with Gasteiger partial charge in [-0.2, -0.15) is 0 Å². The molecule has 1 aromatic carbocycles. The lowest BCUT2D eigenvalue weighted by molar-refractivity contribution is -0.144. The van der Waals surface area contributed by atoms with Crippen LogP contribution in [0, 0.1) is 5.92 Å². The second-order valence-corrected chi connectivity index (χ2v) is 9.93. The number of carbonyl (C=O) groups excluding carboxylic acids is 4. The molecule has 1 aromatic heterocycles. The minimum absolute atomic E-state index is 0.0753. The maximum absolute atomic E-state index is 13.0. The zero-order chi connectivity index (χ0) is 28.0. The third-order valence-electron chi connectivity index (χ3n) is 6.78. The number of aromatic amines is 1. The molecule has 3 rings (SSSR count). The lowest BCUT2D eigenvalue weighted by Crippen LogP contribution is -2.54. The van der Waals surface area contributed by atoms with Gasteiger partial charge >= 0.3 is 5.97 Å². The maximum atomic E-state index is 13.0. The van der Waals surface area contributed by atoms with E-state index >= 15 is 0 Å². The molecule has 4 amide bonds. The van der Waals surface area contributed by atoms with E-state index in [9.17, 15) is 29.1 Å². The molecule has 0 bridgehead atoms. The Bertz CT molecular complexity index is 1190. The van der Waals surface area contributed by atoms with Crippen molar-refractivity contribution in [2.75, 3.05) is 13.1 Å². The molecule has 206 valence electrons. The van der Waals surface area contributed by atoms with E-state index in [1.807, 2.05) is 24.3 Å². The zero-order valence-corrected chi connectivity index (χ0v) is 21.8. The van der Waals surface area contributed by atoms with Crippen LogP contribution in [0.25, 0.3) is 10.9 Å². The number of hydrogen-bond donors (Lipinski definition) is 6. The number of nitrogens with one attached hydrogen (secondary N) is 4. The van der Waals surface area contributed by atoms with Crippen molar-refractivity contribution in [2.45, 2.75) is 64.2 Å². The van der Waals surface area contributed by atoms with Crippen molar-refractivity contribution in [1.82, 2.24) is 25.8 Å². The van der Waals surface area contributed by atoms with Crippen LogP contribution in [0.15, 0.2) is 30.5 Å². The molecule has 1 aliphatic heterocycles. The summed E-state index contributed by atoms with van der Waals surface area (Å²) in [6, 6.07) is 3.78. The van der Waals surface area contributed by atoms with Crippen LogP contribution in [-0.2, 0) is 30.4 Å². The Morgan fingerprint density at radius 3 is 2.50 bits per heavy atom. The second kappa shape index (κ2) is 12.5. The van der Waals surface area contributed by atoms with Crippen LogP contribution in [0.4, 0.5) is 0 Å². The standard InChI is InChI=1S/C26H36N6O6/c1-14(2)22(27)25(36)30-15(3)23(34)29-13-21(33)32-10-6-9-20(32)24(35)31-19(26(37)38)11-16-12-28-18-8-5-4-7-17(16)18/h4-5,7-8,12,14-15,19-20,22,28H,6,9-11,13,27H2,1-3H3,(H,29,34)(H,30,36)(H,31,35)(H,37,38)/t15-,19-,20-,22-/m0/s1. The molecular formula is C26H36N6O6. The van der Waals surface area contributed by atoms with Gasteiger partial charge in [0.05, 0.1) is 12.6 Å². The number of likely N-dealkylation sites (tertiary alicyclic amines) is 1. The molecule has 38 heavy (non-hydrogen) atoms. The van der Waals surface area contributed by atoms with Gasteiger partial charge in [-0.15, -0.1) is 0 Å². The highest BCUT2D eigenvalue weighted by atomic mass is 16.4. The summed E-state index contributed by atoms with van der Waals surface area (Å²) in [6.45, 7) is 5.00. The van der Waals surface area contributed by atoms with Gasteiger partial charge in [0, 0.05) is 30.1 Å². The average Bonchev–Trinajstić information content (AvgIpc) is 3.53. The second-order valence-electron chi connectivity index (χ2n) is 9.93. The van der Waals surface area contributed by atoms with Crippen molar-refractivity contribution in [3.8, 4) is 0 Å². The monoisotopic (exact) mass is 528 g/mol. The molecule has 1 saturated heterocycles. The van der Waals surface area contributed by atoms with Crippen molar-refractivity contribution in [3.05, 3.63) is 36.0 Å². The van der Waals surface area contributed by atoms with Crippen molar-refractivity contribution in [2.24, 2.45) is 11.7 Å². The van der Waals surface area contributed by atoms with Crippen LogP contribution in [0.1, 0.15) is 39.2 Å².